The molecule has 0 aromatic heterocycles. The zero-order chi connectivity index (χ0) is 9.40. The van der Waals surface area contributed by atoms with E-state index in [-0.39, 0.29) is 26.4 Å². The van der Waals surface area contributed by atoms with E-state index in [1.165, 1.54) is 0 Å². The number of hydrogen-bond acceptors (Lipinski definition) is 5. The van der Waals surface area contributed by atoms with Crippen molar-refractivity contribution in [1.82, 2.24) is 0 Å². The molecular formula is C7H12O5. The van der Waals surface area contributed by atoms with Crippen molar-refractivity contribution >= 4 is 11.8 Å². The van der Waals surface area contributed by atoms with Crippen molar-refractivity contribution in [2.24, 2.45) is 0 Å². The molecule has 12 heavy (non-hydrogen) atoms. The summed E-state index contributed by atoms with van der Waals surface area (Å²) in [5, 5.41) is 8.27. The predicted octanol–water partition coefficient (Wildman–Crippen LogP) is -0.873. The van der Waals surface area contributed by atoms with E-state index in [2.05, 4.69) is 9.47 Å². The van der Waals surface area contributed by atoms with E-state index in [1.54, 1.807) is 6.92 Å². The van der Waals surface area contributed by atoms with Crippen LogP contribution in [-0.4, -0.2) is 43.3 Å². The molecule has 0 spiro atoms. The van der Waals surface area contributed by atoms with Crippen LogP contribution in [0.5, 0.6) is 0 Å². The zero-order valence-corrected chi connectivity index (χ0v) is 6.91. The second-order valence-electron chi connectivity index (χ2n) is 1.92. The smallest absolute Gasteiger partial charge is 0.377 e. The van der Waals surface area contributed by atoms with E-state index in [0.29, 0.717) is 0 Å². The Balaban J connectivity index is 3.50. The molecule has 70 valence electrons. The Bertz CT molecular complexity index is 154. The molecule has 0 unspecified atom stereocenters. The lowest BCUT2D eigenvalue weighted by molar-refractivity contribution is -0.155. The summed E-state index contributed by atoms with van der Waals surface area (Å²) in [4.78, 5) is 21.3. The van der Waals surface area contributed by atoms with Gasteiger partial charge in [-0.25, -0.2) is 4.79 Å². The molecule has 0 aliphatic carbocycles. The fourth-order valence-electron chi connectivity index (χ4n) is 0.500. The Morgan fingerprint density at radius 2 is 2.08 bits per heavy atom. The number of rotatable bonds is 6. The van der Waals surface area contributed by atoms with E-state index in [0.717, 1.165) is 0 Å². The van der Waals surface area contributed by atoms with Crippen molar-refractivity contribution in [3.63, 3.8) is 0 Å². The van der Waals surface area contributed by atoms with E-state index in [1.807, 2.05) is 0 Å². The molecule has 0 aliphatic heterocycles. The molecule has 1 N–H and O–H groups in total. The van der Waals surface area contributed by atoms with Gasteiger partial charge in [0.05, 0.1) is 19.8 Å². The van der Waals surface area contributed by atoms with Gasteiger partial charge in [-0.3, -0.25) is 4.79 Å². The third-order valence-corrected chi connectivity index (χ3v) is 0.972. The van der Waals surface area contributed by atoms with Crippen LogP contribution in [-0.2, 0) is 19.1 Å². The third-order valence-electron chi connectivity index (χ3n) is 0.972. The van der Waals surface area contributed by atoms with Gasteiger partial charge in [-0.15, -0.1) is 0 Å². The number of aliphatic hydroxyl groups is 1. The Kier molecular flexibility index (Phi) is 6.22. The Morgan fingerprint density at radius 3 is 2.58 bits per heavy atom. The summed E-state index contributed by atoms with van der Waals surface area (Å²) in [7, 11) is 0. The Labute approximate surface area is 70.3 Å². The fourth-order valence-corrected chi connectivity index (χ4v) is 0.500. The molecule has 0 saturated heterocycles. The molecule has 0 aromatic carbocycles. The van der Waals surface area contributed by atoms with Gasteiger partial charge in [0.15, 0.2) is 0 Å². The normalized spacial score (nSPS) is 9.50. The fraction of sp³-hybridized carbons (Fsp3) is 0.714. The highest BCUT2D eigenvalue weighted by Gasteiger charge is 2.13. The molecule has 0 saturated carbocycles. The highest BCUT2D eigenvalue weighted by molar-refractivity contribution is 6.34. The molecule has 0 radical (unpaired) electrons. The molecule has 0 aromatic rings. The summed E-state index contributed by atoms with van der Waals surface area (Å²) < 4.78 is 9.02. The molecule has 5 heteroatoms. The van der Waals surface area contributed by atoms with Gasteiger partial charge >= 0.3 is 5.97 Å². The summed E-state index contributed by atoms with van der Waals surface area (Å²) in [5.74, 6) is -1.62. The van der Waals surface area contributed by atoms with Gasteiger partial charge in [0.1, 0.15) is 6.61 Å². The molecule has 0 heterocycles. The number of ketones is 1. The lowest BCUT2D eigenvalue weighted by Gasteiger charge is -2.00. The lowest BCUT2D eigenvalue weighted by Crippen LogP contribution is -2.22. The topological polar surface area (TPSA) is 72.8 Å². The van der Waals surface area contributed by atoms with Gasteiger partial charge in [0.2, 0.25) is 0 Å². The van der Waals surface area contributed by atoms with Crippen LogP contribution in [0.25, 0.3) is 0 Å². The van der Waals surface area contributed by atoms with Gasteiger partial charge in [0, 0.05) is 0 Å². The van der Waals surface area contributed by atoms with Crippen LogP contribution in [0.1, 0.15) is 6.92 Å². The maximum Gasteiger partial charge on any atom is 0.377 e. The standard InChI is InChI=1S/C7H12O5/c1-2-12-7(10)6(9)5-11-4-3-8/h8H,2-5H2,1H3. The van der Waals surface area contributed by atoms with Gasteiger partial charge < -0.3 is 14.6 Å². The van der Waals surface area contributed by atoms with Crippen molar-refractivity contribution in [3.8, 4) is 0 Å². The number of carbonyl (C=O) groups is 2. The second-order valence-corrected chi connectivity index (χ2v) is 1.92. The van der Waals surface area contributed by atoms with Gasteiger partial charge in [0.25, 0.3) is 5.78 Å². The maximum absolute atomic E-state index is 10.7. The first-order chi connectivity index (χ1) is 5.72. The molecule has 0 atom stereocenters. The van der Waals surface area contributed by atoms with Crippen molar-refractivity contribution < 1.29 is 24.2 Å². The third kappa shape index (κ3) is 4.81. The van der Waals surface area contributed by atoms with Crippen molar-refractivity contribution in [2.45, 2.75) is 6.92 Å². The first kappa shape index (κ1) is 11.1. The first-order valence-corrected chi connectivity index (χ1v) is 3.61. The van der Waals surface area contributed by atoms with Crippen molar-refractivity contribution in [3.05, 3.63) is 0 Å². The van der Waals surface area contributed by atoms with Crippen LogP contribution in [0.15, 0.2) is 0 Å². The molecular weight excluding hydrogens is 164 g/mol. The zero-order valence-electron chi connectivity index (χ0n) is 6.91. The molecule has 0 rings (SSSR count). The van der Waals surface area contributed by atoms with Gasteiger partial charge in [-0.2, -0.15) is 0 Å². The van der Waals surface area contributed by atoms with Crippen molar-refractivity contribution in [1.29, 1.82) is 0 Å². The van der Waals surface area contributed by atoms with Crippen LogP contribution in [0, 0.1) is 0 Å². The largest absolute Gasteiger partial charge is 0.460 e. The minimum absolute atomic E-state index is 0.0468. The minimum Gasteiger partial charge on any atom is -0.460 e. The van der Waals surface area contributed by atoms with Crippen molar-refractivity contribution in [2.75, 3.05) is 26.4 Å². The predicted molar refractivity (Wildman–Crippen MR) is 39.5 cm³/mol. The average molecular weight is 176 g/mol. The number of ether oxygens (including phenoxy) is 2. The lowest BCUT2D eigenvalue weighted by atomic mass is 10.4. The van der Waals surface area contributed by atoms with Gasteiger partial charge in [-0.1, -0.05) is 0 Å². The van der Waals surface area contributed by atoms with Crippen LogP contribution >= 0.6 is 0 Å². The number of hydrogen-bond donors (Lipinski definition) is 1. The monoisotopic (exact) mass is 176 g/mol. The average Bonchev–Trinajstić information content (AvgIpc) is 2.05. The van der Waals surface area contributed by atoms with E-state index < -0.39 is 11.8 Å². The summed E-state index contributed by atoms with van der Waals surface area (Å²) in [5.41, 5.74) is 0. The molecule has 5 nitrogen and oxygen atoms in total. The summed E-state index contributed by atoms with van der Waals surface area (Å²) in [6, 6.07) is 0. The van der Waals surface area contributed by atoms with E-state index >= 15 is 0 Å². The molecule has 0 bridgehead atoms. The van der Waals surface area contributed by atoms with Crippen LogP contribution in [0.3, 0.4) is 0 Å². The minimum atomic E-state index is -0.893. The number of aliphatic hydroxyl groups excluding tert-OH is 1. The molecule has 0 fully saturated rings. The highest BCUT2D eigenvalue weighted by atomic mass is 16.5. The number of carbonyl (C=O) groups excluding carboxylic acids is 2. The van der Waals surface area contributed by atoms with E-state index in [4.69, 9.17) is 5.11 Å². The SMILES string of the molecule is CCOC(=O)C(=O)COCCO. The van der Waals surface area contributed by atoms with E-state index in [9.17, 15) is 9.59 Å². The summed E-state index contributed by atoms with van der Waals surface area (Å²) >= 11 is 0. The quantitative estimate of drug-likeness (QED) is 0.323. The molecule has 0 amide bonds. The van der Waals surface area contributed by atoms with Crippen LogP contribution in [0.2, 0.25) is 0 Å². The number of Topliss-reactive ketones (excluding diaryl/α,β-unsaturated/α-hetero) is 1. The molecule has 0 aliphatic rings. The highest BCUT2D eigenvalue weighted by Crippen LogP contribution is 1.83. The van der Waals surface area contributed by atoms with Gasteiger partial charge in [-0.05, 0) is 6.92 Å². The Hall–Kier alpha value is -0.940. The number of esters is 1. The first-order valence-electron chi connectivity index (χ1n) is 3.61. The van der Waals surface area contributed by atoms with Crippen LogP contribution < -0.4 is 0 Å². The van der Waals surface area contributed by atoms with Crippen LogP contribution in [0.4, 0.5) is 0 Å². The maximum atomic E-state index is 10.7. The Morgan fingerprint density at radius 1 is 1.42 bits per heavy atom. The second kappa shape index (κ2) is 6.75. The summed E-state index contributed by atoms with van der Waals surface area (Å²) in [6.45, 7) is 1.32. The summed E-state index contributed by atoms with van der Waals surface area (Å²) in [6.07, 6.45) is 0.